The number of carbonyl (C=O) groups excluding carboxylic acids is 1. The Kier molecular flexibility index (Phi) is 5.26. The molecule has 0 aliphatic rings. The van der Waals surface area contributed by atoms with Crippen LogP contribution in [0.3, 0.4) is 0 Å². The Hall–Kier alpha value is -4.00. The summed E-state index contributed by atoms with van der Waals surface area (Å²) in [6.07, 6.45) is 0. The number of benzene rings is 2. The maximum atomic E-state index is 12.7. The topological polar surface area (TPSA) is 88.9 Å². The van der Waals surface area contributed by atoms with Gasteiger partial charge in [0.2, 0.25) is 5.95 Å². The van der Waals surface area contributed by atoms with E-state index in [1.54, 1.807) is 31.2 Å². The lowest BCUT2D eigenvalue weighted by Gasteiger charge is -2.14. The molecule has 30 heavy (non-hydrogen) atoms. The summed E-state index contributed by atoms with van der Waals surface area (Å²) < 4.78 is 1.48. The molecule has 1 amide bonds. The van der Waals surface area contributed by atoms with E-state index in [-0.39, 0.29) is 17.4 Å². The molecule has 0 unspecified atom stereocenters. The van der Waals surface area contributed by atoms with Crippen LogP contribution in [0.15, 0.2) is 71.5 Å². The van der Waals surface area contributed by atoms with Gasteiger partial charge in [0.15, 0.2) is 0 Å². The zero-order valence-corrected chi connectivity index (χ0v) is 16.7. The van der Waals surface area contributed by atoms with Gasteiger partial charge < -0.3 is 0 Å². The molecule has 4 rings (SSSR count). The summed E-state index contributed by atoms with van der Waals surface area (Å²) in [6.45, 7) is 4.06. The number of hydrogen-bond acceptors (Lipinski definition) is 5. The van der Waals surface area contributed by atoms with Crippen molar-refractivity contribution in [3.8, 4) is 11.3 Å². The first-order valence-corrected chi connectivity index (χ1v) is 9.67. The second kappa shape index (κ2) is 8.16. The lowest BCUT2D eigenvalue weighted by atomic mass is 10.1. The highest BCUT2D eigenvalue weighted by Crippen LogP contribution is 2.18. The lowest BCUT2D eigenvalue weighted by molar-refractivity contribution is 0.0961. The molecule has 7 nitrogen and oxygen atoms in total. The van der Waals surface area contributed by atoms with Crippen LogP contribution in [0, 0.1) is 6.92 Å². The van der Waals surface area contributed by atoms with Gasteiger partial charge in [0.05, 0.1) is 27.9 Å². The second-order valence-electron chi connectivity index (χ2n) is 6.78. The monoisotopic (exact) mass is 399 g/mol. The summed E-state index contributed by atoms with van der Waals surface area (Å²) in [5.41, 5.74) is 8.65. The summed E-state index contributed by atoms with van der Waals surface area (Å²) in [7, 11) is 0. The molecule has 7 heteroatoms. The summed E-state index contributed by atoms with van der Waals surface area (Å²) >= 11 is 0. The molecule has 2 aromatic carbocycles. The second-order valence-corrected chi connectivity index (χ2v) is 6.78. The number of para-hydroxylation sites is 1. The van der Waals surface area contributed by atoms with E-state index in [0.29, 0.717) is 28.7 Å². The molecular weight excluding hydrogens is 378 g/mol. The third kappa shape index (κ3) is 3.65. The highest BCUT2D eigenvalue weighted by molar-refractivity contribution is 5.96. The van der Waals surface area contributed by atoms with Crippen LogP contribution in [0.5, 0.6) is 0 Å². The first-order chi connectivity index (χ1) is 14.6. The largest absolute Gasteiger partial charge is 0.277 e. The molecule has 0 saturated carbocycles. The van der Waals surface area contributed by atoms with Gasteiger partial charge >= 0.3 is 0 Å². The molecular formula is C23H21N5O2. The zero-order chi connectivity index (χ0) is 21.1. The van der Waals surface area contributed by atoms with Gasteiger partial charge in [0.1, 0.15) is 0 Å². The first kappa shape index (κ1) is 19.3. The number of nitrogens with zero attached hydrogens (tertiary/aromatic N) is 3. The number of nitrogens with one attached hydrogen (secondary N) is 2. The number of pyridine rings is 1. The van der Waals surface area contributed by atoms with Crippen molar-refractivity contribution in [3.63, 3.8) is 0 Å². The van der Waals surface area contributed by atoms with E-state index in [0.717, 1.165) is 11.3 Å². The first-order valence-electron chi connectivity index (χ1n) is 9.67. The highest BCUT2D eigenvalue weighted by Gasteiger charge is 2.14. The fraction of sp³-hybridized carbons (Fsp3) is 0.130. The van der Waals surface area contributed by atoms with Crippen LogP contribution in [-0.4, -0.2) is 20.4 Å². The Balaban J connectivity index is 1.57. The smallest absolute Gasteiger partial charge is 0.271 e. The van der Waals surface area contributed by atoms with E-state index in [2.05, 4.69) is 20.8 Å². The van der Waals surface area contributed by atoms with Gasteiger partial charge in [-0.2, -0.15) is 0 Å². The molecule has 0 saturated heterocycles. The quantitative estimate of drug-likeness (QED) is 0.501. The molecule has 0 atom stereocenters. The molecule has 0 aliphatic carbocycles. The number of rotatable bonds is 5. The Morgan fingerprint density at radius 3 is 2.43 bits per heavy atom. The normalized spacial score (nSPS) is 10.7. The molecule has 0 spiro atoms. The highest BCUT2D eigenvalue weighted by atomic mass is 16.2. The van der Waals surface area contributed by atoms with Gasteiger partial charge in [-0.05, 0) is 38.1 Å². The van der Waals surface area contributed by atoms with Gasteiger partial charge in [-0.15, -0.1) is 0 Å². The molecule has 0 fully saturated rings. The van der Waals surface area contributed by atoms with Crippen molar-refractivity contribution in [3.05, 3.63) is 88.3 Å². The summed E-state index contributed by atoms with van der Waals surface area (Å²) in [5.74, 6) is -0.0780. The molecule has 0 bridgehead atoms. The molecule has 2 N–H and O–H groups in total. The van der Waals surface area contributed by atoms with Crippen LogP contribution in [0.2, 0.25) is 0 Å². The Morgan fingerprint density at radius 2 is 1.70 bits per heavy atom. The predicted octanol–water partition coefficient (Wildman–Crippen LogP) is 3.54. The SMILES string of the molecule is CCn1c(NNC(=O)c2ccc(-c3ccccc3)nc2C)nc2ccccc2c1=O. The van der Waals surface area contributed by atoms with Crippen molar-refractivity contribution >= 4 is 22.8 Å². The summed E-state index contributed by atoms with van der Waals surface area (Å²) in [5, 5.41) is 0.535. The van der Waals surface area contributed by atoms with Gasteiger partial charge in [-0.3, -0.25) is 30.0 Å². The van der Waals surface area contributed by atoms with Crippen molar-refractivity contribution < 1.29 is 4.79 Å². The van der Waals surface area contributed by atoms with Crippen LogP contribution < -0.4 is 16.4 Å². The minimum atomic E-state index is -0.357. The number of carbonyl (C=O) groups is 1. The van der Waals surface area contributed by atoms with Crippen LogP contribution in [-0.2, 0) is 6.54 Å². The summed E-state index contributed by atoms with van der Waals surface area (Å²) in [6, 6.07) is 20.4. The Labute approximate surface area is 173 Å². The predicted molar refractivity (Wildman–Crippen MR) is 117 cm³/mol. The van der Waals surface area contributed by atoms with Crippen LogP contribution >= 0.6 is 0 Å². The maximum Gasteiger partial charge on any atom is 0.271 e. The van der Waals surface area contributed by atoms with E-state index >= 15 is 0 Å². The summed E-state index contributed by atoms with van der Waals surface area (Å²) in [4.78, 5) is 34.4. The Bertz CT molecular complexity index is 1280. The number of hydrogen-bond donors (Lipinski definition) is 2. The standard InChI is InChI=1S/C23H21N5O2/c1-3-28-22(30)18-11-7-8-12-20(18)25-23(28)27-26-21(29)17-13-14-19(24-15(17)2)16-9-5-4-6-10-16/h4-14H,3H2,1-2H3,(H,25,27)(H,26,29). The van der Waals surface area contributed by atoms with Gasteiger partial charge in [0, 0.05) is 12.1 Å². The van der Waals surface area contributed by atoms with Crippen LogP contribution in [0.4, 0.5) is 5.95 Å². The molecule has 2 aromatic heterocycles. The fourth-order valence-electron chi connectivity index (χ4n) is 3.31. The maximum absolute atomic E-state index is 12.7. The number of amides is 1. The van der Waals surface area contributed by atoms with E-state index < -0.39 is 0 Å². The van der Waals surface area contributed by atoms with Crippen molar-refractivity contribution in [1.29, 1.82) is 0 Å². The molecule has 2 heterocycles. The van der Waals surface area contributed by atoms with Crippen molar-refractivity contribution in [2.45, 2.75) is 20.4 Å². The minimum Gasteiger partial charge on any atom is -0.277 e. The molecule has 150 valence electrons. The van der Waals surface area contributed by atoms with Gasteiger partial charge in [0.25, 0.3) is 11.5 Å². The number of anilines is 1. The third-order valence-electron chi connectivity index (χ3n) is 4.87. The zero-order valence-electron chi connectivity index (χ0n) is 16.7. The van der Waals surface area contributed by atoms with Gasteiger partial charge in [-0.25, -0.2) is 4.98 Å². The Morgan fingerprint density at radius 1 is 0.967 bits per heavy atom. The molecule has 0 aliphatic heterocycles. The average molecular weight is 399 g/mol. The van der Waals surface area contributed by atoms with Crippen molar-refractivity contribution in [2.75, 3.05) is 5.43 Å². The van der Waals surface area contributed by atoms with Gasteiger partial charge in [-0.1, -0.05) is 42.5 Å². The van der Waals surface area contributed by atoms with Crippen LogP contribution in [0.1, 0.15) is 23.0 Å². The number of hydrazine groups is 1. The fourth-order valence-corrected chi connectivity index (χ4v) is 3.31. The lowest BCUT2D eigenvalue weighted by Crippen LogP contribution is -2.34. The van der Waals surface area contributed by atoms with Crippen molar-refractivity contribution in [1.82, 2.24) is 20.0 Å². The molecule has 0 radical (unpaired) electrons. The van der Waals surface area contributed by atoms with E-state index in [1.807, 2.05) is 49.4 Å². The third-order valence-corrected chi connectivity index (χ3v) is 4.87. The van der Waals surface area contributed by atoms with E-state index in [9.17, 15) is 9.59 Å². The van der Waals surface area contributed by atoms with Crippen molar-refractivity contribution in [2.24, 2.45) is 0 Å². The molecule has 4 aromatic rings. The van der Waals surface area contributed by atoms with E-state index in [4.69, 9.17) is 0 Å². The van der Waals surface area contributed by atoms with E-state index in [1.165, 1.54) is 4.57 Å². The minimum absolute atomic E-state index is 0.162. The van der Waals surface area contributed by atoms with Crippen LogP contribution in [0.25, 0.3) is 22.2 Å². The number of aromatic nitrogens is 3. The number of aryl methyl sites for hydroxylation is 1. The average Bonchev–Trinajstić information content (AvgIpc) is 2.78. The number of fused-ring (bicyclic) bond motifs is 1.